The fraction of sp³-hybridized carbons (Fsp3) is 0.714. The van der Waals surface area contributed by atoms with Crippen LogP contribution in [0, 0.1) is 0 Å². The van der Waals surface area contributed by atoms with Crippen LogP contribution in [-0.4, -0.2) is 50.4 Å². The second-order valence-electron chi connectivity index (χ2n) is 8.62. The quantitative estimate of drug-likeness (QED) is 0.855. The van der Waals surface area contributed by atoms with Crippen molar-refractivity contribution < 1.29 is 9.32 Å². The Morgan fingerprint density at radius 3 is 2.72 bits per heavy atom. The van der Waals surface area contributed by atoms with Gasteiger partial charge in [-0.2, -0.15) is 0 Å². The number of rotatable bonds is 3. The third-order valence-corrected chi connectivity index (χ3v) is 6.73. The first-order valence-corrected chi connectivity index (χ1v) is 11.2. The lowest BCUT2D eigenvalue weighted by Crippen LogP contribution is -2.34. The van der Waals surface area contributed by atoms with Gasteiger partial charge in [-0.15, -0.1) is 10.2 Å². The summed E-state index contributed by atoms with van der Waals surface area (Å²) in [5.41, 5.74) is 0.950. The van der Waals surface area contributed by atoms with Gasteiger partial charge in [0.1, 0.15) is 11.6 Å². The Balaban J connectivity index is 1.26. The maximum atomic E-state index is 13.0. The highest BCUT2D eigenvalue weighted by Gasteiger charge is 2.29. The van der Waals surface area contributed by atoms with Crippen molar-refractivity contribution in [1.29, 1.82) is 0 Å². The molecule has 0 spiro atoms. The number of hydrogen-bond acceptors (Lipinski definition) is 6. The summed E-state index contributed by atoms with van der Waals surface area (Å²) in [6.45, 7) is 3.04. The summed E-state index contributed by atoms with van der Waals surface area (Å²) in [6.07, 6.45) is 10.3. The highest BCUT2D eigenvalue weighted by Crippen LogP contribution is 2.32. The molecule has 29 heavy (non-hydrogen) atoms. The van der Waals surface area contributed by atoms with Crippen LogP contribution in [0.1, 0.15) is 91.2 Å². The van der Waals surface area contributed by atoms with Crippen LogP contribution >= 0.6 is 0 Å². The minimum Gasteiger partial charge on any atom is -0.351 e. The van der Waals surface area contributed by atoms with E-state index >= 15 is 0 Å². The van der Waals surface area contributed by atoms with Crippen LogP contribution in [0.3, 0.4) is 0 Å². The lowest BCUT2D eigenvalue weighted by molar-refractivity contribution is 0.0716. The Kier molecular flexibility index (Phi) is 5.35. The summed E-state index contributed by atoms with van der Waals surface area (Å²) >= 11 is 0. The Hall–Kier alpha value is -2.22. The zero-order valence-electron chi connectivity index (χ0n) is 17.0. The van der Waals surface area contributed by atoms with Crippen molar-refractivity contribution in [1.82, 2.24) is 30.1 Å². The van der Waals surface area contributed by atoms with Crippen LogP contribution in [0.4, 0.5) is 0 Å². The number of aromatic nitrogens is 4. The van der Waals surface area contributed by atoms with E-state index in [-0.39, 0.29) is 11.9 Å². The summed E-state index contributed by atoms with van der Waals surface area (Å²) in [7, 11) is 0. The molecule has 2 fully saturated rings. The summed E-state index contributed by atoms with van der Waals surface area (Å²) in [5, 5.41) is 16.7. The van der Waals surface area contributed by atoms with Crippen LogP contribution in [0.15, 0.2) is 10.6 Å². The number of fused-ring (bicyclic) bond motifs is 1. The zero-order chi connectivity index (χ0) is 19.6. The summed E-state index contributed by atoms with van der Waals surface area (Å²) < 4.78 is 7.68. The van der Waals surface area contributed by atoms with E-state index in [1.165, 1.54) is 32.1 Å². The van der Waals surface area contributed by atoms with Crippen LogP contribution in [-0.2, 0) is 13.0 Å². The molecule has 0 unspecified atom stereocenters. The minimum absolute atomic E-state index is 0.0596. The SMILES string of the molecule is O=C(c1cc(C2CCCCC2)no1)N1CCc2nnc([C@H]3CCCCN3)n2CC1. The topological polar surface area (TPSA) is 89.1 Å². The van der Waals surface area contributed by atoms with Gasteiger partial charge in [0.25, 0.3) is 5.91 Å². The van der Waals surface area contributed by atoms with Crippen molar-refractivity contribution in [3.63, 3.8) is 0 Å². The van der Waals surface area contributed by atoms with E-state index in [2.05, 4.69) is 25.2 Å². The minimum atomic E-state index is -0.0596. The van der Waals surface area contributed by atoms with Gasteiger partial charge in [-0.25, -0.2) is 0 Å². The van der Waals surface area contributed by atoms with Gasteiger partial charge < -0.3 is 19.3 Å². The molecule has 5 rings (SSSR count). The molecule has 1 amide bonds. The summed E-state index contributed by atoms with van der Waals surface area (Å²) in [6, 6.07) is 2.15. The van der Waals surface area contributed by atoms with Gasteiger partial charge in [-0.05, 0) is 32.2 Å². The van der Waals surface area contributed by atoms with Gasteiger partial charge in [0.05, 0.1) is 11.7 Å². The molecule has 2 aliphatic heterocycles. The van der Waals surface area contributed by atoms with Gasteiger partial charge in [0.2, 0.25) is 5.76 Å². The molecular formula is C21H30N6O2. The predicted octanol–water partition coefficient (Wildman–Crippen LogP) is 2.83. The highest BCUT2D eigenvalue weighted by molar-refractivity contribution is 5.91. The van der Waals surface area contributed by atoms with Gasteiger partial charge >= 0.3 is 0 Å². The molecule has 156 valence electrons. The molecule has 2 aromatic heterocycles. The van der Waals surface area contributed by atoms with Crippen LogP contribution in [0.25, 0.3) is 0 Å². The predicted molar refractivity (Wildman–Crippen MR) is 107 cm³/mol. The van der Waals surface area contributed by atoms with E-state index in [0.29, 0.717) is 24.8 Å². The molecule has 3 aliphatic rings. The Bertz CT molecular complexity index is 847. The van der Waals surface area contributed by atoms with Gasteiger partial charge in [-0.3, -0.25) is 4.79 Å². The normalized spacial score (nSPS) is 23.6. The third kappa shape index (κ3) is 3.82. The van der Waals surface area contributed by atoms with Crippen molar-refractivity contribution in [3.05, 3.63) is 29.2 Å². The Labute approximate surface area is 171 Å². The fourth-order valence-electron chi connectivity index (χ4n) is 5.01. The molecule has 0 aromatic carbocycles. The average molecular weight is 399 g/mol. The number of nitrogens with one attached hydrogen (secondary N) is 1. The molecule has 1 aliphatic carbocycles. The number of carbonyl (C=O) groups excluding carboxylic acids is 1. The molecule has 2 aromatic rings. The molecule has 8 nitrogen and oxygen atoms in total. The molecule has 1 atom stereocenters. The second kappa shape index (κ2) is 8.26. The summed E-state index contributed by atoms with van der Waals surface area (Å²) in [5.74, 6) is 2.75. The number of carbonyl (C=O) groups is 1. The van der Waals surface area contributed by atoms with E-state index in [9.17, 15) is 4.79 Å². The van der Waals surface area contributed by atoms with E-state index < -0.39 is 0 Å². The van der Waals surface area contributed by atoms with E-state index in [0.717, 1.165) is 56.1 Å². The van der Waals surface area contributed by atoms with Gasteiger partial charge in [0, 0.05) is 38.0 Å². The number of nitrogens with zero attached hydrogens (tertiary/aromatic N) is 5. The van der Waals surface area contributed by atoms with Crippen molar-refractivity contribution in [2.24, 2.45) is 0 Å². The van der Waals surface area contributed by atoms with Crippen molar-refractivity contribution >= 4 is 5.91 Å². The number of piperidine rings is 1. The molecule has 8 heteroatoms. The van der Waals surface area contributed by atoms with Crippen molar-refractivity contribution in [2.75, 3.05) is 19.6 Å². The average Bonchev–Trinajstić information content (AvgIpc) is 3.38. The van der Waals surface area contributed by atoms with Gasteiger partial charge in [0.15, 0.2) is 0 Å². The monoisotopic (exact) mass is 398 g/mol. The standard InChI is InChI=1S/C21H30N6O2/c28-21(18-14-17(25-29-18)15-6-2-1-3-7-15)26-11-9-19-23-24-20(27(19)13-12-26)16-8-4-5-10-22-16/h14-16,22H,1-13H2/t16-/m1/s1. The fourth-order valence-corrected chi connectivity index (χ4v) is 5.01. The Morgan fingerprint density at radius 2 is 1.90 bits per heavy atom. The summed E-state index contributed by atoms with van der Waals surface area (Å²) in [4.78, 5) is 14.9. The van der Waals surface area contributed by atoms with Crippen molar-refractivity contribution in [3.8, 4) is 0 Å². The lowest BCUT2D eigenvalue weighted by Gasteiger charge is -2.23. The molecule has 1 saturated heterocycles. The molecule has 0 radical (unpaired) electrons. The van der Waals surface area contributed by atoms with Crippen LogP contribution < -0.4 is 5.32 Å². The van der Waals surface area contributed by atoms with E-state index in [4.69, 9.17) is 4.52 Å². The maximum Gasteiger partial charge on any atom is 0.292 e. The second-order valence-corrected chi connectivity index (χ2v) is 8.62. The Morgan fingerprint density at radius 1 is 1.03 bits per heavy atom. The van der Waals surface area contributed by atoms with E-state index in [1.807, 2.05) is 11.0 Å². The third-order valence-electron chi connectivity index (χ3n) is 6.73. The highest BCUT2D eigenvalue weighted by atomic mass is 16.5. The molecule has 1 N–H and O–H groups in total. The molecule has 0 bridgehead atoms. The van der Waals surface area contributed by atoms with Gasteiger partial charge in [-0.1, -0.05) is 30.8 Å². The molecular weight excluding hydrogens is 368 g/mol. The first kappa shape index (κ1) is 18.8. The smallest absolute Gasteiger partial charge is 0.292 e. The van der Waals surface area contributed by atoms with E-state index in [1.54, 1.807) is 0 Å². The first-order chi connectivity index (χ1) is 14.3. The zero-order valence-corrected chi connectivity index (χ0v) is 17.0. The van der Waals surface area contributed by atoms with Crippen molar-refractivity contribution in [2.45, 2.75) is 76.3 Å². The number of amides is 1. The molecule has 4 heterocycles. The maximum absolute atomic E-state index is 13.0. The first-order valence-electron chi connectivity index (χ1n) is 11.2. The largest absolute Gasteiger partial charge is 0.351 e. The van der Waals surface area contributed by atoms with Crippen LogP contribution in [0.5, 0.6) is 0 Å². The lowest BCUT2D eigenvalue weighted by atomic mass is 9.87. The molecule has 1 saturated carbocycles. The number of hydrogen-bond donors (Lipinski definition) is 1. The van der Waals surface area contributed by atoms with Crippen LogP contribution in [0.2, 0.25) is 0 Å².